The molecule has 9 heteroatoms. The molecule has 0 bridgehead atoms. The summed E-state index contributed by atoms with van der Waals surface area (Å²) in [6.45, 7) is 8.51. The number of aryl methyl sites for hydroxylation is 1. The Morgan fingerprint density at radius 2 is 1.83 bits per heavy atom. The molecule has 0 atom stereocenters. The van der Waals surface area contributed by atoms with Gasteiger partial charge in [-0.15, -0.1) is 10.2 Å². The van der Waals surface area contributed by atoms with Crippen molar-refractivity contribution in [1.29, 1.82) is 0 Å². The van der Waals surface area contributed by atoms with Crippen LogP contribution >= 0.6 is 15.9 Å². The van der Waals surface area contributed by atoms with Crippen LogP contribution < -0.4 is 0 Å². The van der Waals surface area contributed by atoms with Gasteiger partial charge in [-0.25, -0.2) is 4.52 Å². The molecular weight excluding hydrogens is 448 g/mol. The molecule has 158 valence electrons. The number of halogens is 1. The molecule has 0 radical (unpaired) electrons. The van der Waals surface area contributed by atoms with Gasteiger partial charge >= 0.3 is 0 Å². The van der Waals surface area contributed by atoms with E-state index in [0.717, 1.165) is 40.9 Å². The van der Waals surface area contributed by atoms with Gasteiger partial charge in [-0.3, -0.25) is 4.79 Å². The summed E-state index contributed by atoms with van der Waals surface area (Å²) in [5.74, 6) is -0.0911. The minimum Gasteiger partial charge on any atom is -0.378 e. The number of ether oxygens (including phenoxy) is 1. The predicted octanol–water partition coefficient (Wildman–Crippen LogP) is 2.79. The Hall–Kier alpha value is -2.36. The zero-order valence-electron chi connectivity index (χ0n) is 17.4. The van der Waals surface area contributed by atoms with E-state index < -0.39 is 0 Å². The summed E-state index contributed by atoms with van der Waals surface area (Å²) in [6.07, 6.45) is 0. The lowest BCUT2D eigenvalue weighted by molar-refractivity contribution is 0.0634. The number of carbonyl (C=O) groups is 1. The van der Waals surface area contributed by atoms with Crippen molar-refractivity contribution in [2.24, 2.45) is 0 Å². The first-order chi connectivity index (χ1) is 14.5. The smallest absolute Gasteiger partial charge is 0.276 e. The maximum absolute atomic E-state index is 13.1. The topological polar surface area (TPSA) is 75.9 Å². The lowest BCUT2D eigenvalue weighted by Gasteiger charge is -2.33. The largest absolute Gasteiger partial charge is 0.378 e. The number of nitrogens with zero attached hydrogens (tertiary/aromatic N) is 6. The Morgan fingerprint density at radius 1 is 1.13 bits per heavy atom. The van der Waals surface area contributed by atoms with E-state index in [9.17, 15) is 4.79 Å². The summed E-state index contributed by atoms with van der Waals surface area (Å²) >= 11 is 3.47. The minimum absolute atomic E-state index is 0.0911. The molecule has 1 aliphatic heterocycles. The third-order valence-corrected chi connectivity index (χ3v) is 6.09. The van der Waals surface area contributed by atoms with E-state index in [1.807, 2.05) is 36.1 Å². The number of hydrogen-bond donors (Lipinski definition) is 0. The summed E-state index contributed by atoms with van der Waals surface area (Å²) in [5.41, 5.74) is 4.26. The van der Waals surface area contributed by atoms with Crippen molar-refractivity contribution in [3.63, 3.8) is 0 Å². The number of fused-ring (bicyclic) bond motifs is 1. The lowest BCUT2D eigenvalue weighted by Crippen LogP contribution is -2.48. The zero-order valence-corrected chi connectivity index (χ0v) is 19.0. The number of aromatic nitrogens is 4. The summed E-state index contributed by atoms with van der Waals surface area (Å²) < 4.78 is 8.07. The Labute approximate surface area is 184 Å². The second kappa shape index (κ2) is 8.79. The second-order valence-corrected chi connectivity index (χ2v) is 8.27. The number of piperazine rings is 1. The highest BCUT2D eigenvalue weighted by Crippen LogP contribution is 2.30. The van der Waals surface area contributed by atoms with Crippen LogP contribution in [0.1, 0.15) is 28.8 Å². The van der Waals surface area contributed by atoms with Crippen molar-refractivity contribution in [3.8, 4) is 11.1 Å². The van der Waals surface area contributed by atoms with E-state index in [2.05, 4.69) is 38.0 Å². The third-order valence-electron chi connectivity index (χ3n) is 5.56. The zero-order chi connectivity index (χ0) is 21.3. The average molecular weight is 473 g/mol. The van der Waals surface area contributed by atoms with Crippen LogP contribution in [0.25, 0.3) is 16.8 Å². The van der Waals surface area contributed by atoms with E-state index in [4.69, 9.17) is 9.84 Å². The number of benzene rings is 1. The van der Waals surface area contributed by atoms with Crippen LogP contribution in [0.15, 0.2) is 28.7 Å². The van der Waals surface area contributed by atoms with E-state index in [0.29, 0.717) is 36.7 Å². The van der Waals surface area contributed by atoms with Crippen LogP contribution in [0.3, 0.4) is 0 Å². The van der Waals surface area contributed by atoms with Gasteiger partial charge in [0.1, 0.15) is 0 Å². The molecule has 8 nitrogen and oxygen atoms in total. The molecule has 1 fully saturated rings. The standard InChI is InChI=1S/C21H25BrN6O2/c1-4-26-9-11-27(12-10-26)21(29)19-14(2)28-20(24-23-19)18(17(25-28)13-30-3)15-5-7-16(22)8-6-15/h5-8H,4,9-13H2,1-3H3. The second-order valence-electron chi connectivity index (χ2n) is 7.36. The van der Waals surface area contributed by atoms with Crippen LogP contribution in [0, 0.1) is 6.92 Å². The number of hydrogen-bond acceptors (Lipinski definition) is 6. The third kappa shape index (κ3) is 3.84. The minimum atomic E-state index is -0.0911. The average Bonchev–Trinajstić information content (AvgIpc) is 3.13. The van der Waals surface area contributed by atoms with Gasteiger partial charge < -0.3 is 14.5 Å². The number of amides is 1. The van der Waals surface area contributed by atoms with Gasteiger partial charge in [-0.1, -0.05) is 35.0 Å². The number of rotatable bonds is 5. The van der Waals surface area contributed by atoms with Gasteiger partial charge in [-0.2, -0.15) is 5.10 Å². The molecule has 2 aromatic heterocycles. The van der Waals surface area contributed by atoms with Crippen molar-refractivity contribution >= 4 is 27.5 Å². The molecule has 1 amide bonds. The number of carbonyl (C=O) groups excluding carboxylic acids is 1. The highest BCUT2D eigenvalue weighted by molar-refractivity contribution is 9.10. The molecular formula is C21H25BrN6O2. The van der Waals surface area contributed by atoms with Gasteiger partial charge in [-0.05, 0) is 31.2 Å². The molecule has 1 saturated heterocycles. The fraction of sp³-hybridized carbons (Fsp3) is 0.429. The van der Waals surface area contributed by atoms with Gasteiger partial charge in [0.25, 0.3) is 5.91 Å². The molecule has 0 N–H and O–H groups in total. The van der Waals surface area contributed by atoms with E-state index in [-0.39, 0.29) is 5.91 Å². The van der Waals surface area contributed by atoms with E-state index in [1.54, 1.807) is 11.6 Å². The van der Waals surface area contributed by atoms with E-state index >= 15 is 0 Å². The quantitative estimate of drug-likeness (QED) is 0.568. The van der Waals surface area contributed by atoms with Crippen LogP contribution in [0.5, 0.6) is 0 Å². The fourth-order valence-electron chi connectivity index (χ4n) is 3.81. The highest BCUT2D eigenvalue weighted by atomic mass is 79.9. The highest BCUT2D eigenvalue weighted by Gasteiger charge is 2.27. The molecule has 1 aromatic carbocycles. The van der Waals surface area contributed by atoms with Crippen LogP contribution in [0.4, 0.5) is 0 Å². The maximum Gasteiger partial charge on any atom is 0.276 e. The summed E-state index contributed by atoms with van der Waals surface area (Å²) in [6, 6.07) is 7.96. The Balaban J connectivity index is 1.74. The van der Waals surface area contributed by atoms with Crippen LogP contribution in [-0.2, 0) is 11.3 Å². The number of likely N-dealkylation sites (N-methyl/N-ethyl adjacent to an activating group) is 1. The molecule has 0 saturated carbocycles. The summed E-state index contributed by atoms with van der Waals surface area (Å²) in [7, 11) is 1.64. The van der Waals surface area contributed by atoms with Crippen molar-refractivity contribution in [2.75, 3.05) is 39.8 Å². The molecule has 3 heterocycles. The van der Waals surface area contributed by atoms with Crippen molar-refractivity contribution < 1.29 is 9.53 Å². The molecule has 3 aromatic rings. The van der Waals surface area contributed by atoms with Gasteiger partial charge in [0.2, 0.25) is 0 Å². The van der Waals surface area contributed by atoms with Crippen LogP contribution in [0.2, 0.25) is 0 Å². The summed E-state index contributed by atoms with van der Waals surface area (Å²) in [4.78, 5) is 17.3. The SMILES string of the molecule is CCN1CCN(C(=O)c2nnc3c(-c4ccc(Br)cc4)c(COC)nn3c2C)CC1. The Morgan fingerprint density at radius 3 is 2.47 bits per heavy atom. The summed E-state index contributed by atoms with van der Waals surface area (Å²) in [5, 5.41) is 13.5. The van der Waals surface area contributed by atoms with Crippen molar-refractivity contribution in [3.05, 3.63) is 45.8 Å². The van der Waals surface area contributed by atoms with Crippen LogP contribution in [-0.4, -0.2) is 75.4 Å². The van der Waals surface area contributed by atoms with Crippen molar-refractivity contribution in [1.82, 2.24) is 29.6 Å². The van der Waals surface area contributed by atoms with E-state index in [1.165, 1.54) is 0 Å². The molecule has 4 rings (SSSR count). The van der Waals surface area contributed by atoms with Gasteiger partial charge in [0, 0.05) is 37.8 Å². The Kier molecular flexibility index (Phi) is 6.12. The molecule has 0 spiro atoms. The predicted molar refractivity (Wildman–Crippen MR) is 117 cm³/mol. The molecule has 0 aliphatic carbocycles. The number of methoxy groups -OCH3 is 1. The van der Waals surface area contributed by atoms with Gasteiger partial charge in [0.05, 0.1) is 23.6 Å². The lowest BCUT2D eigenvalue weighted by atomic mass is 10.1. The first-order valence-corrected chi connectivity index (χ1v) is 10.8. The fourth-order valence-corrected chi connectivity index (χ4v) is 4.08. The molecule has 0 unspecified atom stereocenters. The van der Waals surface area contributed by atoms with Crippen molar-refractivity contribution in [2.45, 2.75) is 20.5 Å². The normalized spacial score (nSPS) is 15.1. The van der Waals surface area contributed by atoms with Gasteiger partial charge in [0.15, 0.2) is 11.3 Å². The monoisotopic (exact) mass is 472 g/mol. The first kappa shape index (κ1) is 20.9. The molecule has 1 aliphatic rings. The first-order valence-electron chi connectivity index (χ1n) is 10.0. The molecule has 30 heavy (non-hydrogen) atoms. The maximum atomic E-state index is 13.1. The Bertz CT molecular complexity index is 1060.